The number of carboxylic acids is 1. The van der Waals surface area contributed by atoms with E-state index in [2.05, 4.69) is 0 Å². The fourth-order valence-corrected chi connectivity index (χ4v) is 2.95. The van der Waals surface area contributed by atoms with Gasteiger partial charge in [0.05, 0.1) is 6.61 Å². The maximum absolute atomic E-state index is 13.1. The Hall–Kier alpha value is -2.41. The average molecular weight is 348 g/mol. The van der Waals surface area contributed by atoms with Gasteiger partial charge in [0.2, 0.25) is 5.54 Å². The molecule has 2 atom stereocenters. The number of ether oxygens (including phenoxy) is 1. The van der Waals surface area contributed by atoms with Crippen molar-refractivity contribution in [3.63, 3.8) is 0 Å². The largest absolute Gasteiger partial charge is 0.480 e. The monoisotopic (exact) mass is 348 g/mol. The van der Waals surface area contributed by atoms with Gasteiger partial charge in [-0.1, -0.05) is 43.7 Å². The summed E-state index contributed by atoms with van der Waals surface area (Å²) < 4.78 is 5.22. The number of carbonyl (C=O) groups is 3. The molecule has 3 N–H and O–H groups in total. The van der Waals surface area contributed by atoms with Gasteiger partial charge in [0, 0.05) is 6.54 Å². The highest BCUT2D eigenvalue weighted by Crippen LogP contribution is 2.28. The van der Waals surface area contributed by atoms with Crippen LogP contribution in [0.4, 0.5) is 0 Å². The van der Waals surface area contributed by atoms with Crippen molar-refractivity contribution in [1.82, 2.24) is 4.90 Å². The van der Waals surface area contributed by atoms with Gasteiger partial charge >= 0.3 is 11.9 Å². The fourth-order valence-electron chi connectivity index (χ4n) is 2.95. The first-order chi connectivity index (χ1) is 11.9. The highest BCUT2D eigenvalue weighted by atomic mass is 16.5. The first kappa shape index (κ1) is 18.9. The van der Waals surface area contributed by atoms with Gasteiger partial charge in [0.1, 0.15) is 6.04 Å². The van der Waals surface area contributed by atoms with E-state index in [0.717, 1.165) is 6.42 Å². The second-order valence-corrected chi connectivity index (χ2v) is 6.16. The molecule has 1 saturated heterocycles. The fraction of sp³-hybridized carbons (Fsp3) is 0.500. The molecule has 0 aromatic heterocycles. The van der Waals surface area contributed by atoms with Crippen LogP contribution in [0.1, 0.15) is 38.2 Å². The zero-order valence-corrected chi connectivity index (χ0v) is 14.3. The molecular formula is C18H24N2O5. The molecule has 0 aliphatic carbocycles. The number of nitrogens with two attached hydrogens (primary N) is 1. The predicted molar refractivity (Wildman–Crippen MR) is 90.5 cm³/mol. The Morgan fingerprint density at radius 1 is 1.32 bits per heavy atom. The third kappa shape index (κ3) is 3.82. The van der Waals surface area contributed by atoms with Gasteiger partial charge in [-0.3, -0.25) is 4.79 Å². The standard InChI is InChI=1S/C18H24N2O5/c1-2-3-12-25-17(24)18(19,13-8-5-4-6-9-13)16(23)20-11-7-10-14(20)15(21)22/h4-6,8-9,14H,2-3,7,10-12,19H2,1H3,(H,21,22). The van der Waals surface area contributed by atoms with E-state index in [1.54, 1.807) is 30.3 Å². The SMILES string of the molecule is CCCCOC(=O)C(N)(C(=O)N1CCCC1C(=O)O)c1ccccc1. The zero-order valence-electron chi connectivity index (χ0n) is 14.3. The molecule has 1 fully saturated rings. The summed E-state index contributed by atoms with van der Waals surface area (Å²) in [6.07, 6.45) is 2.39. The van der Waals surface area contributed by atoms with Gasteiger partial charge in [-0.15, -0.1) is 0 Å². The van der Waals surface area contributed by atoms with Crippen molar-refractivity contribution in [3.05, 3.63) is 35.9 Å². The lowest BCUT2D eigenvalue weighted by molar-refractivity contribution is -0.162. The summed E-state index contributed by atoms with van der Waals surface area (Å²) in [5, 5.41) is 9.33. The summed E-state index contributed by atoms with van der Waals surface area (Å²) in [6, 6.07) is 7.26. The van der Waals surface area contributed by atoms with Crippen molar-refractivity contribution in [1.29, 1.82) is 0 Å². The van der Waals surface area contributed by atoms with Crippen LogP contribution in [0.25, 0.3) is 0 Å². The maximum Gasteiger partial charge on any atom is 0.340 e. The van der Waals surface area contributed by atoms with E-state index in [1.165, 1.54) is 4.90 Å². The van der Waals surface area contributed by atoms with Crippen LogP contribution in [-0.2, 0) is 24.7 Å². The molecule has 1 aromatic rings. The summed E-state index contributed by atoms with van der Waals surface area (Å²) in [5.74, 6) is -2.68. The summed E-state index contributed by atoms with van der Waals surface area (Å²) in [7, 11) is 0. The van der Waals surface area contributed by atoms with E-state index < -0.39 is 29.4 Å². The Morgan fingerprint density at radius 2 is 2.00 bits per heavy atom. The average Bonchev–Trinajstić information content (AvgIpc) is 3.11. The molecule has 7 nitrogen and oxygen atoms in total. The smallest absolute Gasteiger partial charge is 0.340 e. The molecule has 1 aliphatic rings. The molecule has 2 rings (SSSR count). The van der Waals surface area contributed by atoms with Crippen LogP contribution < -0.4 is 5.73 Å². The Morgan fingerprint density at radius 3 is 2.60 bits per heavy atom. The van der Waals surface area contributed by atoms with E-state index in [0.29, 0.717) is 19.3 Å². The Kier molecular flexibility index (Phi) is 6.14. The summed E-state index contributed by atoms with van der Waals surface area (Å²) >= 11 is 0. The number of likely N-dealkylation sites (tertiary alicyclic amines) is 1. The van der Waals surface area contributed by atoms with Crippen molar-refractivity contribution >= 4 is 17.8 Å². The number of amides is 1. The Labute approximate surface area is 146 Å². The Bertz CT molecular complexity index is 634. The Balaban J connectivity index is 2.36. The number of benzene rings is 1. The molecule has 1 aromatic carbocycles. The van der Waals surface area contributed by atoms with Crippen LogP contribution in [-0.4, -0.2) is 47.0 Å². The molecule has 7 heteroatoms. The second-order valence-electron chi connectivity index (χ2n) is 6.16. The normalized spacial score (nSPS) is 19.3. The summed E-state index contributed by atoms with van der Waals surface area (Å²) in [6.45, 7) is 2.37. The number of unbranched alkanes of at least 4 members (excludes halogenated alkanes) is 1. The van der Waals surface area contributed by atoms with Gasteiger partial charge < -0.3 is 20.5 Å². The van der Waals surface area contributed by atoms with E-state index in [4.69, 9.17) is 10.5 Å². The number of aliphatic carboxylic acids is 1. The lowest BCUT2D eigenvalue weighted by Crippen LogP contribution is -2.60. The van der Waals surface area contributed by atoms with Gasteiger partial charge in [0.15, 0.2) is 0 Å². The quantitative estimate of drug-likeness (QED) is 0.436. The number of esters is 1. The van der Waals surface area contributed by atoms with Gasteiger partial charge in [-0.05, 0) is 24.8 Å². The molecule has 25 heavy (non-hydrogen) atoms. The van der Waals surface area contributed by atoms with Crippen molar-refractivity contribution < 1.29 is 24.2 Å². The number of carbonyl (C=O) groups excluding carboxylic acids is 2. The van der Waals surface area contributed by atoms with Crippen LogP contribution in [0.15, 0.2) is 30.3 Å². The van der Waals surface area contributed by atoms with Crippen LogP contribution in [0.5, 0.6) is 0 Å². The molecule has 2 unspecified atom stereocenters. The second kappa shape index (κ2) is 8.11. The molecule has 1 heterocycles. The van der Waals surface area contributed by atoms with Crippen LogP contribution >= 0.6 is 0 Å². The number of hydrogen-bond acceptors (Lipinski definition) is 5. The molecule has 1 aliphatic heterocycles. The molecule has 0 radical (unpaired) electrons. The maximum atomic E-state index is 13.1. The molecule has 0 spiro atoms. The molecule has 1 amide bonds. The number of rotatable bonds is 7. The topological polar surface area (TPSA) is 110 Å². The highest BCUT2D eigenvalue weighted by molar-refractivity contribution is 6.08. The van der Waals surface area contributed by atoms with Gasteiger partial charge in [-0.2, -0.15) is 0 Å². The molecular weight excluding hydrogens is 324 g/mol. The predicted octanol–water partition coefficient (Wildman–Crippen LogP) is 1.26. The van der Waals surface area contributed by atoms with E-state index in [9.17, 15) is 19.5 Å². The lowest BCUT2D eigenvalue weighted by atomic mass is 9.89. The summed E-state index contributed by atoms with van der Waals surface area (Å²) in [5.41, 5.74) is 4.51. The number of carboxylic acid groups (broad SMARTS) is 1. The first-order valence-corrected chi connectivity index (χ1v) is 8.48. The van der Waals surface area contributed by atoms with Crippen LogP contribution in [0.3, 0.4) is 0 Å². The minimum atomic E-state index is -2.05. The van der Waals surface area contributed by atoms with E-state index in [1.807, 2.05) is 6.92 Å². The molecule has 0 bridgehead atoms. The van der Waals surface area contributed by atoms with Crippen molar-refractivity contribution in [2.24, 2.45) is 5.73 Å². The van der Waals surface area contributed by atoms with Crippen molar-refractivity contribution in [2.45, 2.75) is 44.2 Å². The lowest BCUT2D eigenvalue weighted by Gasteiger charge is -2.32. The van der Waals surface area contributed by atoms with Crippen LogP contribution in [0.2, 0.25) is 0 Å². The summed E-state index contributed by atoms with van der Waals surface area (Å²) in [4.78, 5) is 38.4. The number of hydrogen-bond donors (Lipinski definition) is 2. The molecule has 136 valence electrons. The molecule has 0 saturated carbocycles. The van der Waals surface area contributed by atoms with E-state index in [-0.39, 0.29) is 18.7 Å². The third-order valence-electron chi connectivity index (χ3n) is 4.42. The third-order valence-corrected chi connectivity index (χ3v) is 4.42. The number of nitrogens with zero attached hydrogens (tertiary/aromatic N) is 1. The van der Waals surface area contributed by atoms with Crippen molar-refractivity contribution in [3.8, 4) is 0 Å². The highest BCUT2D eigenvalue weighted by Gasteiger charge is 2.51. The van der Waals surface area contributed by atoms with E-state index >= 15 is 0 Å². The van der Waals surface area contributed by atoms with Crippen molar-refractivity contribution in [2.75, 3.05) is 13.2 Å². The minimum absolute atomic E-state index is 0.163. The van der Waals surface area contributed by atoms with Gasteiger partial charge in [-0.25, -0.2) is 9.59 Å². The van der Waals surface area contributed by atoms with Crippen LogP contribution in [0, 0.1) is 0 Å². The first-order valence-electron chi connectivity index (χ1n) is 8.48. The minimum Gasteiger partial charge on any atom is -0.480 e. The van der Waals surface area contributed by atoms with Gasteiger partial charge in [0.25, 0.3) is 5.91 Å². The zero-order chi connectivity index (χ0) is 18.4.